The van der Waals surface area contributed by atoms with Gasteiger partial charge in [0.2, 0.25) is 17.0 Å². The summed E-state index contributed by atoms with van der Waals surface area (Å²) >= 11 is 6.90. The minimum absolute atomic E-state index is 0.153. The highest BCUT2D eigenvalue weighted by molar-refractivity contribution is 8.13. The number of para-hydroxylation sites is 1. The lowest BCUT2D eigenvalue weighted by atomic mass is 10.0. The third kappa shape index (κ3) is 5.33. The molecule has 2 heterocycles. The Hall–Kier alpha value is -3.23. The summed E-state index contributed by atoms with van der Waals surface area (Å²) in [5.41, 5.74) is 1.42. The second kappa shape index (κ2) is 9.93. The van der Waals surface area contributed by atoms with Crippen molar-refractivity contribution >= 4 is 45.3 Å². The van der Waals surface area contributed by atoms with Crippen LogP contribution >= 0.6 is 23.4 Å². The van der Waals surface area contributed by atoms with Crippen LogP contribution in [-0.2, 0) is 20.7 Å². The summed E-state index contributed by atoms with van der Waals surface area (Å²) < 4.78 is 10.4. The summed E-state index contributed by atoms with van der Waals surface area (Å²) in [6.45, 7) is 0. The third-order valence-corrected chi connectivity index (χ3v) is 6.09. The lowest BCUT2D eigenvalue weighted by Crippen LogP contribution is -2.42. The van der Waals surface area contributed by atoms with Crippen molar-refractivity contribution < 1.29 is 19.1 Å². The van der Waals surface area contributed by atoms with Crippen LogP contribution in [0, 0.1) is 0 Å². The van der Waals surface area contributed by atoms with Gasteiger partial charge in [-0.3, -0.25) is 14.4 Å². The maximum absolute atomic E-state index is 13.1. The number of aromatic nitrogens is 1. The average Bonchev–Trinajstić information content (AvgIpc) is 3.31. The minimum atomic E-state index is -0.872. The van der Waals surface area contributed by atoms with E-state index in [0.717, 1.165) is 17.1 Å². The quantitative estimate of drug-likeness (QED) is 0.547. The third-order valence-electron chi connectivity index (χ3n) is 4.83. The van der Waals surface area contributed by atoms with Crippen molar-refractivity contribution in [2.75, 3.05) is 5.75 Å². The molecule has 1 aliphatic heterocycles. The number of ether oxygens (including phenoxy) is 2. The van der Waals surface area contributed by atoms with Gasteiger partial charge in [-0.1, -0.05) is 41.6 Å². The van der Waals surface area contributed by atoms with Crippen molar-refractivity contribution in [1.29, 1.82) is 0 Å². The van der Waals surface area contributed by atoms with Crippen LogP contribution in [0.3, 0.4) is 0 Å². The summed E-state index contributed by atoms with van der Waals surface area (Å²) in [5.74, 6) is -0.153. The number of fused-ring (bicyclic) bond motifs is 1. The van der Waals surface area contributed by atoms with Gasteiger partial charge in [-0.2, -0.15) is 0 Å². The van der Waals surface area contributed by atoms with Crippen molar-refractivity contribution in [3.63, 3.8) is 0 Å². The summed E-state index contributed by atoms with van der Waals surface area (Å²) in [5, 5.41) is 3.84. The molecule has 32 heavy (non-hydrogen) atoms. The lowest BCUT2D eigenvalue weighted by molar-refractivity contribution is -0.112. The van der Waals surface area contributed by atoms with Gasteiger partial charge >= 0.3 is 0 Å². The first-order valence-corrected chi connectivity index (χ1v) is 11.2. The van der Waals surface area contributed by atoms with E-state index in [1.807, 2.05) is 18.2 Å². The number of carbonyl (C=O) groups excluding carboxylic acids is 2. The first-order chi connectivity index (χ1) is 15.5. The molecule has 2 N–H and O–H groups in total. The van der Waals surface area contributed by atoms with Crippen LogP contribution in [0.4, 0.5) is 0 Å². The molecule has 4 rings (SSSR count). The normalized spacial score (nSPS) is 14.0. The molecule has 0 bridgehead atoms. The van der Waals surface area contributed by atoms with Crippen LogP contribution < -0.4 is 10.9 Å². The summed E-state index contributed by atoms with van der Waals surface area (Å²) in [6, 6.07) is 14.3. The fraction of sp³-hybridized carbons (Fsp3) is 0.174. The lowest BCUT2D eigenvalue weighted by Gasteiger charge is -2.19. The van der Waals surface area contributed by atoms with E-state index >= 15 is 0 Å². The zero-order chi connectivity index (χ0) is 22.5. The highest BCUT2D eigenvalue weighted by Gasteiger charge is 2.25. The van der Waals surface area contributed by atoms with Crippen molar-refractivity contribution in [2.45, 2.75) is 18.8 Å². The van der Waals surface area contributed by atoms with Crippen LogP contribution in [0.2, 0.25) is 5.02 Å². The predicted octanol–water partition coefficient (Wildman–Crippen LogP) is 3.63. The van der Waals surface area contributed by atoms with E-state index in [1.165, 1.54) is 18.6 Å². The number of hydrogen-bond donors (Lipinski definition) is 2. The highest BCUT2D eigenvalue weighted by Crippen LogP contribution is 2.20. The number of pyridine rings is 1. The monoisotopic (exact) mass is 470 g/mol. The summed E-state index contributed by atoms with van der Waals surface area (Å²) in [7, 11) is 0. The fourth-order valence-corrected chi connectivity index (χ4v) is 4.23. The molecular formula is C23H19ClN2O5S. The molecule has 1 atom stereocenters. The average molecular weight is 471 g/mol. The first kappa shape index (κ1) is 22.0. The largest absolute Gasteiger partial charge is 0.458 e. The molecule has 2 aromatic carbocycles. The summed E-state index contributed by atoms with van der Waals surface area (Å²) in [6.07, 6.45) is 2.42. The Kier molecular flexibility index (Phi) is 6.82. The molecule has 1 aromatic heterocycles. The fourth-order valence-electron chi connectivity index (χ4n) is 3.30. The smallest absolute Gasteiger partial charge is 0.251 e. The molecule has 3 aromatic rings. The standard InChI is InChI=1S/C23H19ClN2O5S/c24-16-7-5-14(6-8-16)22(28)26-19(23(29)32-13-21-30-9-10-31-21)11-15-12-20(27)25-18-4-2-1-3-17(15)18/h1-10,12,19,21H,11,13H2,(H,25,27)(H,26,28). The number of nitrogens with one attached hydrogen (secondary N) is 2. The minimum Gasteiger partial charge on any atom is -0.458 e. The number of rotatable bonds is 7. The van der Waals surface area contributed by atoms with Crippen molar-refractivity contribution in [2.24, 2.45) is 0 Å². The number of thioether (sulfide) groups is 1. The molecule has 7 nitrogen and oxygen atoms in total. The van der Waals surface area contributed by atoms with E-state index in [9.17, 15) is 14.4 Å². The van der Waals surface area contributed by atoms with Crippen molar-refractivity contribution in [3.05, 3.63) is 93.6 Å². The van der Waals surface area contributed by atoms with Crippen LogP contribution in [-0.4, -0.2) is 34.1 Å². The van der Waals surface area contributed by atoms with Gasteiger partial charge in [0.1, 0.15) is 18.6 Å². The van der Waals surface area contributed by atoms with E-state index in [0.29, 0.717) is 21.7 Å². The van der Waals surface area contributed by atoms with Gasteiger partial charge in [-0.25, -0.2) is 0 Å². The predicted molar refractivity (Wildman–Crippen MR) is 124 cm³/mol. The Morgan fingerprint density at radius 3 is 2.56 bits per heavy atom. The number of halogens is 1. The van der Waals surface area contributed by atoms with Crippen LogP contribution in [0.5, 0.6) is 0 Å². The van der Waals surface area contributed by atoms with E-state index in [4.69, 9.17) is 21.1 Å². The first-order valence-electron chi connectivity index (χ1n) is 9.79. The second-order valence-corrected chi connectivity index (χ2v) is 8.51. The molecule has 0 spiro atoms. The number of amides is 1. The van der Waals surface area contributed by atoms with Gasteiger partial charge in [-0.05, 0) is 35.9 Å². The maximum Gasteiger partial charge on any atom is 0.251 e. The Labute approximate surface area is 192 Å². The SMILES string of the molecule is O=C(NC(Cc1cc(=O)[nH]c2ccccc12)C(=O)SCC1OC=CO1)c1ccc(Cl)cc1. The van der Waals surface area contributed by atoms with Gasteiger partial charge in [0.15, 0.2) is 0 Å². The molecular weight excluding hydrogens is 452 g/mol. The Morgan fingerprint density at radius 1 is 1.09 bits per heavy atom. The summed E-state index contributed by atoms with van der Waals surface area (Å²) in [4.78, 5) is 40.8. The van der Waals surface area contributed by atoms with E-state index in [-0.39, 0.29) is 22.8 Å². The number of hydrogen-bond acceptors (Lipinski definition) is 6. The molecule has 0 fully saturated rings. The van der Waals surface area contributed by atoms with E-state index in [2.05, 4.69) is 10.3 Å². The molecule has 1 aliphatic rings. The second-order valence-electron chi connectivity index (χ2n) is 7.05. The molecule has 9 heteroatoms. The van der Waals surface area contributed by atoms with Crippen LogP contribution in [0.1, 0.15) is 15.9 Å². The molecule has 0 saturated carbocycles. The van der Waals surface area contributed by atoms with Gasteiger partial charge < -0.3 is 19.8 Å². The zero-order valence-corrected chi connectivity index (χ0v) is 18.3. The van der Waals surface area contributed by atoms with Crippen LogP contribution in [0.25, 0.3) is 10.9 Å². The Bertz CT molecular complexity index is 1220. The van der Waals surface area contributed by atoms with Crippen LogP contribution in [0.15, 0.2) is 71.9 Å². The highest BCUT2D eigenvalue weighted by atomic mass is 35.5. The topological polar surface area (TPSA) is 97.5 Å². The van der Waals surface area contributed by atoms with Crippen molar-refractivity contribution in [1.82, 2.24) is 10.3 Å². The number of benzene rings is 2. The van der Waals surface area contributed by atoms with Gasteiger partial charge in [0, 0.05) is 34.0 Å². The molecule has 1 amide bonds. The molecule has 0 aliphatic carbocycles. The zero-order valence-electron chi connectivity index (χ0n) is 16.7. The van der Waals surface area contributed by atoms with Gasteiger partial charge in [0.25, 0.3) is 5.91 Å². The number of aromatic amines is 1. The Morgan fingerprint density at radius 2 is 1.81 bits per heavy atom. The number of H-pyrrole nitrogens is 1. The van der Waals surface area contributed by atoms with Gasteiger partial charge in [-0.15, -0.1) is 0 Å². The van der Waals surface area contributed by atoms with Crippen molar-refractivity contribution in [3.8, 4) is 0 Å². The number of carbonyl (C=O) groups is 2. The van der Waals surface area contributed by atoms with E-state index in [1.54, 1.807) is 30.3 Å². The molecule has 0 radical (unpaired) electrons. The maximum atomic E-state index is 13.1. The molecule has 164 valence electrons. The van der Waals surface area contributed by atoms with Gasteiger partial charge in [0.05, 0.1) is 5.75 Å². The van der Waals surface area contributed by atoms with E-state index < -0.39 is 18.2 Å². The Balaban J connectivity index is 1.58. The molecule has 0 saturated heterocycles. The molecule has 1 unspecified atom stereocenters.